The molecule has 3 rings (SSSR count). The molecule has 3 aromatic rings. The molecule has 0 fully saturated rings. The van der Waals surface area contributed by atoms with Gasteiger partial charge in [0.1, 0.15) is 10.6 Å². The molecule has 2 heterocycles. The first-order valence-electron chi connectivity index (χ1n) is 8.97. The molecule has 0 aliphatic heterocycles. The molecule has 0 aliphatic carbocycles. The summed E-state index contributed by atoms with van der Waals surface area (Å²) < 4.78 is 11.7. The maximum atomic E-state index is 12.2. The van der Waals surface area contributed by atoms with E-state index >= 15 is 0 Å². The van der Waals surface area contributed by atoms with Crippen LogP contribution in [0.1, 0.15) is 32.9 Å². The molecule has 0 atom stereocenters. The van der Waals surface area contributed by atoms with Crippen LogP contribution < -0.4 is 5.56 Å². The average molecular weight is 398 g/mol. The van der Waals surface area contributed by atoms with Gasteiger partial charge in [-0.15, -0.1) is 11.3 Å². The average Bonchev–Trinajstić information content (AvgIpc) is 2.64. The highest BCUT2D eigenvalue weighted by Gasteiger charge is 2.15. The van der Waals surface area contributed by atoms with Crippen molar-refractivity contribution < 1.29 is 14.3 Å². The number of carbonyl (C=O) groups is 1. The fourth-order valence-electron chi connectivity index (χ4n) is 2.53. The van der Waals surface area contributed by atoms with Crippen LogP contribution in [0.4, 0.5) is 0 Å². The second kappa shape index (κ2) is 8.58. The van der Waals surface area contributed by atoms with E-state index in [9.17, 15) is 9.59 Å². The van der Waals surface area contributed by atoms with E-state index in [1.807, 2.05) is 57.2 Å². The summed E-state index contributed by atoms with van der Waals surface area (Å²) in [6.45, 7) is 6.00. The zero-order valence-electron chi connectivity index (χ0n) is 16.1. The minimum absolute atomic E-state index is 0.185. The molecule has 1 aromatic carbocycles. The second-order valence-electron chi connectivity index (χ2n) is 7.22. The van der Waals surface area contributed by atoms with Gasteiger partial charge in [-0.05, 0) is 45.0 Å². The summed E-state index contributed by atoms with van der Waals surface area (Å²) in [7, 11) is 0. The lowest BCUT2D eigenvalue weighted by Gasteiger charge is -2.19. The third-order valence-electron chi connectivity index (χ3n) is 3.67. The molecule has 146 valence electrons. The number of hydrogen-bond donors (Lipinski definition) is 0. The summed E-state index contributed by atoms with van der Waals surface area (Å²) in [6.07, 6.45) is 0.185. The molecule has 2 aromatic heterocycles. The Balaban J connectivity index is 1.65. The molecule has 0 amide bonds. The number of nitrogens with zero attached hydrogens (tertiary/aromatic N) is 2. The Morgan fingerprint density at radius 2 is 1.86 bits per heavy atom. The highest BCUT2D eigenvalue weighted by molar-refractivity contribution is 7.21. The number of carbonyl (C=O) groups excluding carboxylic acids is 1. The topological polar surface area (TPSA) is 78.4 Å². The van der Waals surface area contributed by atoms with Gasteiger partial charge in [0, 0.05) is 4.70 Å². The molecule has 0 spiro atoms. The van der Waals surface area contributed by atoms with Crippen molar-refractivity contribution in [3.8, 4) is 10.7 Å². The lowest BCUT2D eigenvalue weighted by atomic mass is 10.2. The molecule has 0 bridgehead atoms. The van der Waals surface area contributed by atoms with Crippen molar-refractivity contribution in [2.75, 3.05) is 6.61 Å². The summed E-state index contributed by atoms with van der Waals surface area (Å²) in [5.41, 5.74) is 0.573. The number of benzene rings is 1. The fourth-order valence-corrected chi connectivity index (χ4v) is 3.49. The van der Waals surface area contributed by atoms with E-state index < -0.39 is 5.60 Å². The quantitative estimate of drug-likeness (QED) is 0.462. The molecule has 0 aliphatic rings. The highest BCUT2D eigenvalue weighted by atomic mass is 32.1. The predicted molar refractivity (Wildman–Crippen MR) is 109 cm³/mol. The lowest BCUT2D eigenvalue weighted by molar-refractivity contribution is -0.156. The number of ether oxygens (including phenoxy) is 2. The molecule has 7 heteroatoms. The van der Waals surface area contributed by atoms with Gasteiger partial charge in [0.25, 0.3) is 5.56 Å². The summed E-state index contributed by atoms with van der Waals surface area (Å²) in [5, 5.41) is 1.18. The molecule has 6 nitrogen and oxygen atoms in total. The van der Waals surface area contributed by atoms with Crippen LogP contribution >= 0.6 is 11.3 Å². The van der Waals surface area contributed by atoms with E-state index in [2.05, 4.69) is 9.97 Å². The van der Waals surface area contributed by atoms with Crippen LogP contribution in [0.25, 0.3) is 20.8 Å². The Morgan fingerprint density at radius 3 is 2.64 bits per heavy atom. The number of aromatic nitrogens is 2. The summed E-state index contributed by atoms with van der Waals surface area (Å²) in [4.78, 5) is 32.6. The first kappa shape index (κ1) is 20.1. The third-order valence-corrected chi connectivity index (χ3v) is 4.74. The van der Waals surface area contributed by atoms with Crippen molar-refractivity contribution in [1.82, 2.24) is 9.97 Å². The molecule has 0 saturated carbocycles. The Kier molecular flexibility index (Phi) is 6.16. The van der Waals surface area contributed by atoms with Gasteiger partial charge in [-0.25, -0.2) is 4.98 Å². The van der Waals surface area contributed by atoms with Crippen LogP contribution in [0.5, 0.6) is 0 Å². The zero-order valence-corrected chi connectivity index (χ0v) is 16.9. The monoisotopic (exact) mass is 398 g/mol. The van der Waals surface area contributed by atoms with Gasteiger partial charge in [-0.1, -0.05) is 18.2 Å². The summed E-state index contributed by atoms with van der Waals surface area (Å²) in [6, 6.07) is 12.9. The van der Waals surface area contributed by atoms with Crippen molar-refractivity contribution in [1.29, 1.82) is 0 Å². The van der Waals surface area contributed by atoms with Crippen molar-refractivity contribution in [3.63, 3.8) is 0 Å². The number of fused-ring (bicyclic) bond motifs is 1. The Labute approximate surface area is 167 Å². The Bertz CT molecular complexity index is 1040. The fraction of sp³-hybridized carbons (Fsp3) is 0.333. The van der Waals surface area contributed by atoms with Crippen molar-refractivity contribution in [2.24, 2.45) is 0 Å². The standard InChI is InChI=1S/C21H22N2O4S/c1-21(2,3)27-18(24)11-12-26-13-14-7-6-9-16(22-14)20-23-19(25)15-8-4-5-10-17(15)28-20/h4-10H,11-13H2,1-3H3. The van der Waals surface area contributed by atoms with E-state index in [-0.39, 0.29) is 31.2 Å². The summed E-state index contributed by atoms with van der Waals surface area (Å²) >= 11 is 1.42. The van der Waals surface area contributed by atoms with Gasteiger partial charge in [0.05, 0.1) is 36.4 Å². The Hall–Kier alpha value is -2.64. The van der Waals surface area contributed by atoms with E-state index in [4.69, 9.17) is 9.47 Å². The van der Waals surface area contributed by atoms with Crippen molar-refractivity contribution in [2.45, 2.75) is 39.4 Å². The van der Waals surface area contributed by atoms with Gasteiger partial charge in [0.15, 0.2) is 0 Å². The normalized spacial score (nSPS) is 11.5. The Morgan fingerprint density at radius 1 is 1.07 bits per heavy atom. The SMILES string of the molecule is CC(C)(C)OC(=O)CCOCc1cccc(-c2nc(=O)c3ccccc3s2)n1. The van der Waals surface area contributed by atoms with Crippen LogP contribution in [0, 0.1) is 0 Å². The number of pyridine rings is 1. The number of rotatable bonds is 6. The minimum atomic E-state index is -0.499. The maximum Gasteiger partial charge on any atom is 0.308 e. The van der Waals surface area contributed by atoms with E-state index in [1.165, 1.54) is 11.3 Å². The largest absolute Gasteiger partial charge is 0.460 e. The molecule has 28 heavy (non-hydrogen) atoms. The zero-order chi connectivity index (χ0) is 20.1. The molecule has 0 unspecified atom stereocenters. The van der Waals surface area contributed by atoms with Crippen LogP contribution in [0.3, 0.4) is 0 Å². The number of hydrogen-bond acceptors (Lipinski definition) is 7. The molecule has 0 saturated heterocycles. The van der Waals surface area contributed by atoms with Crippen LogP contribution in [0.2, 0.25) is 0 Å². The predicted octanol–water partition coefficient (Wildman–Crippen LogP) is 3.97. The maximum absolute atomic E-state index is 12.2. The van der Waals surface area contributed by atoms with Crippen LogP contribution in [0.15, 0.2) is 47.3 Å². The second-order valence-corrected chi connectivity index (χ2v) is 8.25. The first-order valence-corrected chi connectivity index (χ1v) is 9.79. The lowest BCUT2D eigenvalue weighted by Crippen LogP contribution is -2.24. The molecule has 0 radical (unpaired) electrons. The van der Waals surface area contributed by atoms with Crippen LogP contribution in [-0.2, 0) is 20.9 Å². The van der Waals surface area contributed by atoms with Gasteiger partial charge >= 0.3 is 5.97 Å². The highest BCUT2D eigenvalue weighted by Crippen LogP contribution is 2.24. The van der Waals surface area contributed by atoms with Crippen molar-refractivity contribution in [3.05, 3.63) is 58.5 Å². The minimum Gasteiger partial charge on any atom is -0.460 e. The molecular formula is C21H22N2O4S. The smallest absolute Gasteiger partial charge is 0.308 e. The van der Waals surface area contributed by atoms with Gasteiger partial charge in [0.2, 0.25) is 0 Å². The van der Waals surface area contributed by atoms with Crippen LogP contribution in [-0.4, -0.2) is 28.1 Å². The van der Waals surface area contributed by atoms with E-state index in [1.54, 1.807) is 6.07 Å². The van der Waals surface area contributed by atoms with Gasteiger partial charge < -0.3 is 9.47 Å². The van der Waals surface area contributed by atoms with Crippen molar-refractivity contribution >= 4 is 27.4 Å². The third kappa shape index (κ3) is 5.43. The number of esters is 1. The van der Waals surface area contributed by atoms with Gasteiger partial charge in [-0.2, -0.15) is 4.98 Å². The van der Waals surface area contributed by atoms with E-state index in [0.717, 1.165) is 4.70 Å². The molecule has 0 N–H and O–H groups in total. The summed E-state index contributed by atoms with van der Waals surface area (Å²) in [5.74, 6) is -0.292. The van der Waals surface area contributed by atoms with E-state index in [0.29, 0.717) is 21.8 Å². The molecular weight excluding hydrogens is 376 g/mol. The first-order chi connectivity index (χ1) is 13.3. The van der Waals surface area contributed by atoms with Gasteiger partial charge in [-0.3, -0.25) is 9.59 Å².